The number of nitrogen functional groups attached to an aromatic ring is 2. The molecular formula is C37H48N10O5. The summed E-state index contributed by atoms with van der Waals surface area (Å²) in [7, 11) is 0. The number of benzene rings is 2. The highest BCUT2D eigenvalue weighted by Crippen LogP contribution is 2.37. The van der Waals surface area contributed by atoms with Crippen molar-refractivity contribution >= 4 is 28.9 Å². The monoisotopic (exact) mass is 712 g/mol. The van der Waals surface area contributed by atoms with Gasteiger partial charge in [0.15, 0.2) is 11.6 Å². The molecular weight excluding hydrogens is 664 g/mol. The van der Waals surface area contributed by atoms with Gasteiger partial charge in [-0.3, -0.25) is 9.69 Å². The summed E-state index contributed by atoms with van der Waals surface area (Å²) in [6.45, 7) is 14.0. The van der Waals surface area contributed by atoms with Crippen LogP contribution < -0.4 is 26.0 Å². The molecule has 7 N–H and O–H groups in total. The molecule has 4 aromatic rings. The zero-order chi connectivity index (χ0) is 37.5. The Balaban J connectivity index is 1.13. The Labute approximate surface area is 303 Å². The normalized spacial score (nSPS) is 20.5. The molecule has 2 saturated heterocycles. The second-order valence-electron chi connectivity index (χ2n) is 14.3. The third-order valence-electron chi connectivity index (χ3n) is 9.99. The van der Waals surface area contributed by atoms with Crippen LogP contribution in [0.25, 0.3) is 22.5 Å². The Bertz CT molecular complexity index is 1930. The summed E-state index contributed by atoms with van der Waals surface area (Å²) in [5.41, 5.74) is 14.8. The van der Waals surface area contributed by atoms with Crippen molar-refractivity contribution in [2.24, 2.45) is 0 Å². The summed E-state index contributed by atoms with van der Waals surface area (Å²) in [5.74, 6) is 0.994. The molecule has 15 nitrogen and oxygen atoms in total. The van der Waals surface area contributed by atoms with E-state index in [1.165, 1.54) is 6.07 Å². The van der Waals surface area contributed by atoms with E-state index in [2.05, 4.69) is 30.2 Å². The van der Waals surface area contributed by atoms with Gasteiger partial charge in [-0.2, -0.15) is 0 Å². The minimum Gasteiger partial charge on any atom is -0.507 e. The number of phenols is 2. The Morgan fingerprint density at radius 3 is 1.90 bits per heavy atom. The van der Waals surface area contributed by atoms with Crippen LogP contribution in [0.5, 0.6) is 17.2 Å². The van der Waals surface area contributed by atoms with E-state index in [0.717, 1.165) is 0 Å². The highest BCUT2D eigenvalue weighted by atomic mass is 16.5. The molecule has 0 saturated carbocycles. The Hall–Kier alpha value is -5.41. The molecule has 276 valence electrons. The van der Waals surface area contributed by atoms with Crippen LogP contribution in [0.3, 0.4) is 0 Å². The minimum absolute atomic E-state index is 0.0190. The molecule has 1 amide bonds. The van der Waals surface area contributed by atoms with Gasteiger partial charge in [0.25, 0.3) is 0 Å². The second-order valence-corrected chi connectivity index (χ2v) is 14.3. The van der Waals surface area contributed by atoms with Crippen LogP contribution in [0.1, 0.15) is 41.5 Å². The first kappa shape index (κ1) is 36.4. The van der Waals surface area contributed by atoms with Gasteiger partial charge >= 0.3 is 0 Å². The lowest BCUT2D eigenvalue weighted by molar-refractivity contribution is -0.133. The predicted molar refractivity (Wildman–Crippen MR) is 200 cm³/mol. The zero-order valence-corrected chi connectivity index (χ0v) is 30.4. The number of ether oxygens (including phenoxy) is 1. The standard InChI is InChI=1S/C37H48N10O5/c1-21-18-44(30-16-28(40-42-34(30)38)26-9-7-8-10-32(26)49)13-14-46(21)36(51)37(5,6)52-25-11-12-27(33(50)15-25)29-17-31(35(39)43-41-29)45-19-22(2)47(24(4)48)23(3)20-45/h7-12,15-17,21-23,36,49-51H,13-14,18-20H2,1-6H3,(H2,38,42)(H2,39,43)/t21-,22-,23-,36?/m0/s1. The number of piperazine rings is 2. The minimum atomic E-state index is -1.07. The lowest BCUT2D eigenvalue weighted by atomic mass is 10.0. The van der Waals surface area contributed by atoms with Crippen molar-refractivity contribution in [3.8, 4) is 39.8 Å². The quantitative estimate of drug-likeness (QED) is 0.178. The summed E-state index contributed by atoms with van der Waals surface area (Å²) in [5, 5.41) is 49.9. The zero-order valence-electron chi connectivity index (χ0n) is 30.4. The highest BCUT2D eigenvalue weighted by molar-refractivity contribution is 5.77. The number of aromatic nitrogens is 4. The van der Waals surface area contributed by atoms with E-state index in [-0.39, 0.29) is 47.2 Å². The Kier molecular flexibility index (Phi) is 10.0. The van der Waals surface area contributed by atoms with Gasteiger partial charge in [-0.25, -0.2) is 0 Å². The summed E-state index contributed by atoms with van der Waals surface area (Å²) in [6, 6.07) is 15.4. The number of phenolic OH excluding ortho intramolecular Hbond substituents is 2. The molecule has 0 aliphatic carbocycles. The first-order valence-corrected chi connectivity index (χ1v) is 17.4. The van der Waals surface area contributed by atoms with Crippen molar-refractivity contribution in [2.45, 2.75) is 71.5 Å². The van der Waals surface area contributed by atoms with Crippen LogP contribution in [0.15, 0.2) is 54.6 Å². The van der Waals surface area contributed by atoms with E-state index < -0.39 is 11.8 Å². The number of aliphatic hydroxyl groups is 1. The number of nitrogens with zero attached hydrogens (tertiary/aromatic N) is 8. The summed E-state index contributed by atoms with van der Waals surface area (Å²) in [6.07, 6.45) is -0.991. The van der Waals surface area contributed by atoms with Crippen LogP contribution in [-0.4, -0.2) is 114 Å². The van der Waals surface area contributed by atoms with Crippen molar-refractivity contribution in [1.29, 1.82) is 0 Å². The molecule has 52 heavy (non-hydrogen) atoms. The molecule has 6 rings (SSSR count). The lowest BCUT2D eigenvalue weighted by Gasteiger charge is -2.47. The molecule has 2 fully saturated rings. The first-order chi connectivity index (χ1) is 24.6. The molecule has 0 spiro atoms. The van der Waals surface area contributed by atoms with E-state index >= 15 is 0 Å². The molecule has 2 aromatic heterocycles. The van der Waals surface area contributed by atoms with Crippen LogP contribution >= 0.6 is 0 Å². The number of aliphatic hydroxyl groups excluding tert-OH is 1. The van der Waals surface area contributed by atoms with E-state index in [9.17, 15) is 20.1 Å². The summed E-state index contributed by atoms with van der Waals surface area (Å²) < 4.78 is 6.31. The van der Waals surface area contributed by atoms with Gasteiger partial charge in [0.2, 0.25) is 5.91 Å². The number of hydrogen-bond acceptors (Lipinski definition) is 14. The van der Waals surface area contributed by atoms with Crippen LogP contribution in [0.2, 0.25) is 0 Å². The summed E-state index contributed by atoms with van der Waals surface area (Å²) in [4.78, 5) is 20.2. The smallest absolute Gasteiger partial charge is 0.220 e. The van der Waals surface area contributed by atoms with Gasteiger partial charge < -0.3 is 46.2 Å². The maximum Gasteiger partial charge on any atom is 0.220 e. The van der Waals surface area contributed by atoms with E-state index in [0.29, 0.717) is 72.4 Å². The van der Waals surface area contributed by atoms with Gasteiger partial charge in [0.1, 0.15) is 29.1 Å². The average molecular weight is 713 g/mol. The molecule has 2 aromatic carbocycles. The van der Waals surface area contributed by atoms with Crippen LogP contribution in [0.4, 0.5) is 23.0 Å². The fraction of sp³-hybridized carbons (Fsp3) is 0.432. The fourth-order valence-electron chi connectivity index (χ4n) is 7.48. The molecule has 2 aliphatic rings. The first-order valence-electron chi connectivity index (χ1n) is 17.4. The third-order valence-corrected chi connectivity index (χ3v) is 9.99. The van der Waals surface area contributed by atoms with Gasteiger partial charge in [-0.15, -0.1) is 20.4 Å². The number of carbonyl (C=O) groups excluding carboxylic acids is 1. The van der Waals surface area contributed by atoms with Crippen LogP contribution in [0, 0.1) is 0 Å². The molecule has 1 unspecified atom stereocenters. The van der Waals surface area contributed by atoms with Crippen molar-refractivity contribution in [1.82, 2.24) is 30.2 Å². The van der Waals surface area contributed by atoms with Gasteiger partial charge in [0.05, 0.1) is 22.8 Å². The van der Waals surface area contributed by atoms with E-state index in [4.69, 9.17) is 16.2 Å². The molecule has 4 heterocycles. The number of anilines is 4. The SMILES string of the molecule is CC(=O)N1[C@@H](C)CN(c2cc(-c3ccc(OC(C)(C)C(O)N4CCN(c5cc(-c6ccccc6O)nnc5N)C[C@@H]4C)cc3O)nnc2N)C[C@@H]1C. The summed E-state index contributed by atoms with van der Waals surface area (Å²) >= 11 is 0. The second kappa shape index (κ2) is 14.3. The van der Waals surface area contributed by atoms with Crippen LogP contribution in [-0.2, 0) is 4.79 Å². The van der Waals surface area contributed by atoms with Crippen molar-refractivity contribution in [2.75, 3.05) is 54.0 Å². The Morgan fingerprint density at radius 1 is 0.788 bits per heavy atom. The van der Waals surface area contributed by atoms with E-state index in [1.807, 2.05) is 42.7 Å². The number of para-hydroxylation sites is 1. The molecule has 2 aliphatic heterocycles. The van der Waals surface area contributed by atoms with E-state index in [1.54, 1.807) is 57.2 Å². The lowest BCUT2D eigenvalue weighted by Crippen LogP contribution is -2.62. The van der Waals surface area contributed by atoms with Crippen molar-refractivity contribution in [3.63, 3.8) is 0 Å². The van der Waals surface area contributed by atoms with Crippen molar-refractivity contribution in [3.05, 3.63) is 54.6 Å². The maximum absolute atomic E-state index is 12.2. The fourth-order valence-corrected chi connectivity index (χ4v) is 7.48. The molecule has 4 atom stereocenters. The van der Waals surface area contributed by atoms with Crippen molar-refractivity contribution < 1.29 is 24.9 Å². The largest absolute Gasteiger partial charge is 0.507 e. The number of rotatable bonds is 8. The number of amides is 1. The molecule has 0 radical (unpaired) electrons. The van der Waals surface area contributed by atoms with Gasteiger partial charge in [-0.1, -0.05) is 12.1 Å². The highest BCUT2D eigenvalue weighted by Gasteiger charge is 2.40. The Morgan fingerprint density at radius 2 is 1.35 bits per heavy atom. The van der Waals surface area contributed by atoms with Gasteiger partial charge in [-0.05, 0) is 71.0 Å². The predicted octanol–water partition coefficient (Wildman–Crippen LogP) is 3.31. The van der Waals surface area contributed by atoms with Gasteiger partial charge in [0, 0.05) is 75.0 Å². The molecule has 15 heteroatoms. The maximum atomic E-state index is 12.2. The average Bonchev–Trinajstić information content (AvgIpc) is 3.08. The molecule has 0 bridgehead atoms. The third kappa shape index (κ3) is 7.19. The number of carbonyl (C=O) groups is 1. The topological polar surface area (TPSA) is 204 Å². The number of nitrogens with two attached hydrogens (primary N) is 2. The number of hydrogen-bond donors (Lipinski definition) is 5. The number of aromatic hydroxyl groups is 2.